The first-order valence-electron chi connectivity index (χ1n) is 8.20. The molecule has 1 aromatic carbocycles. The zero-order chi connectivity index (χ0) is 15.2. The maximum absolute atomic E-state index is 5.84. The lowest BCUT2D eigenvalue weighted by Crippen LogP contribution is -2.49. The topological polar surface area (TPSA) is 47.3 Å². The number of hydrazine groups is 1. The Kier molecular flexibility index (Phi) is 6.22. The van der Waals surface area contributed by atoms with Gasteiger partial charge in [0.1, 0.15) is 0 Å². The van der Waals surface area contributed by atoms with Crippen LogP contribution >= 0.6 is 0 Å². The van der Waals surface area contributed by atoms with Gasteiger partial charge in [0.15, 0.2) is 0 Å². The molecule has 0 aromatic heterocycles. The fourth-order valence-electron chi connectivity index (χ4n) is 3.60. The predicted octanol–water partition coefficient (Wildman–Crippen LogP) is 3.27. The Morgan fingerprint density at radius 2 is 1.90 bits per heavy atom. The number of ether oxygens (including phenoxy) is 1. The Morgan fingerprint density at radius 3 is 2.48 bits per heavy atom. The lowest BCUT2D eigenvalue weighted by atomic mass is 9.81. The van der Waals surface area contributed by atoms with Crippen molar-refractivity contribution >= 4 is 0 Å². The van der Waals surface area contributed by atoms with Gasteiger partial charge in [-0.15, -0.1) is 0 Å². The molecule has 3 heteroatoms. The minimum atomic E-state index is 0.181. The van der Waals surface area contributed by atoms with Crippen LogP contribution in [0.2, 0.25) is 0 Å². The Bertz CT molecular complexity index is 441. The van der Waals surface area contributed by atoms with Gasteiger partial charge in [-0.25, -0.2) is 0 Å². The zero-order valence-corrected chi connectivity index (χ0v) is 13.7. The Balaban J connectivity index is 2.07. The third-order valence-electron chi connectivity index (χ3n) is 5.02. The fraction of sp³-hybridized carbons (Fsp3) is 0.667. The van der Waals surface area contributed by atoms with E-state index in [1.807, 2.05) is 7.11 Å². The van der Waals surface area contributed by atoms with E-state index in [2.05, 4.69) is 37.5 Å². The van der Waals surface area contributed by atoms with Gasteiger partial charge in [-0.3, -0.25) is 11.3 Å². The van der Waals surface area contributed by atoms with E-state index < -0.39 is 0 Å². The van der Waals surface area contributed by atoms with E-state index >= 15 is 0 Å². The quantitative estimate of drug-likeness (QED) is 0.624. The summed E-state index contributed by atoms with van der Waals surface area (Å²) < 4.78 is 5.83. The molecule has 1 aliphatic rings. The number of methoxy groups -OCH3 is 1. The normalized spacial score (nSPS) is 19.4. The number of nitrogens with two attached hydrogens (primary N) is 1. The second kappa shape index (κ2) is 7.92. The summed E-state index contributed by atoms with van der Waals surface area (Å²) in [5.41, 5.74) is 7.02. The van der Waals surface area contributed by atoms with Crippen molar-refractivity contribution in [1.82, 2.24) is 5.43 Å². The van der Waals surface area contributed by atoms with Crippen molar-refractivity contribution in [2.24, 2.45) is 11.8 Å². The molecule has 21 heavy (non-hydrogen) atoms. The van der Waals surface area contributed by atoms with Gasteiger partial charge in [0.05, 0.1) is 12.1 Å². The molecule has 2 atom stereocenters. The molecule has 1 aromatic rings. The van der Waals surface area contributed by atoms with Crippen molar-refractivity contribution in [2.45, 2.75) is 64.5 Å². The Morgan fingerprint density at radius 1 is 1.19 bits per heavy atom. The molecule has 0 aliphatic heterocycles. The molecule has 1 saturated carbocycles. The highest BCUT2D eigenvalue weighted by molar-refractivity contribution is 5.30. The number of hydrogen-bond donors (Lipinski definition) is 2. The van der Waals surface area contributed by atoms with Crippen LogP contribution in [0.25, 0.3) is 0 Å². The maximum Gasteiger partial charge on any atom is 0.0769 e. The van der Waals surface area contributed by atoms with E-state index in [4.69, 9.17) is 10.6 Å². The third kappa shape index (κ3) is 4.29. The Hall–Kier alpha value is -0.900. The van der Waals surface area contributed by atoms with E-state index in [0.29, 0.717) is 5.92 Å². The van der Waals surface area contributed by atoms with Crippen LogP contribution in [-0.4, -0.2) is 19.3 Å². The lowest BCUT2D eigenvalue weighted by molar-refractivity contribution is 0.00827. The van der Waals surface area contributed by atoms with Crippen LogP contribution in [0.4, 0.5) is 0 Å². The molecular formula is C18H30N2O. The molecule has 2 rings (SSSR count). The van der Waals surface area contributed by atoms with Crippen molar-refractivity contribution in [3.05, 3.63) is 34.9 Å². The highest BCUT2D eigenvalue weighted by Gasteiger charge is 2.30. The first-order chi connectivity index (χ1) is 10.2. The van der Waals surface area contributed by atoms with E-state index in [1.54, 1.807) is 0 Å². The van der Waals surface area contributed by atoms with E-state index in [9.17, 15) is 0 Å². The minimum Gasteiger partial charge on any atom is -0.379 e. The van der Waals surface area contributed by atoms with Crippen molar-refractivity contribution in [2.75, 3.05) is 7.11 Å². The molecule has 3 N–H and O–H groups in total. The molecular weight excluding hydrogens is 260 g/mol. The number of hydrogen-bond acceptors (Lipinski definition) is 3. The Labute approximate surface area is 129 Å². The molecule has 1 fully saturated rings. The second-order valence-electron chi connectivity index (χ2n) is 6.49. The summed E-state index contributed by atoms with van der Waals surface area (Å²) >= 11 is 0. The first-order valence-corrected chi connectivity index (χ1v) is 8.20. The van der Waals surface area contributed by atoms with Gasteiger partial charge in [0.25, 0.3) is 0 Å². The molecule has 0 radical (unpaired) electrons. The standard InChI is InChI=1S/C18H30N2O/c1-13-9-10-15(11-14(13)2)12-17(20-19)18(21-3)16-7-5-4-6-8-16/h9-11,16-18,20H,4-8,12,19H2,1-3H3. The average molecular weight is 290 g/mol. The smallest absolute Gasteiger partial charge is 0.0769 e. The molecule has 118 valence electrons. The van der Waals surface area contributed by atoms with Crippen molar-refractivity contribution in [3.63, 3.8) is 0 Å². The average Bonchev–Trinajstić information content (AvgIpc) is 2.51. The third-order valence-corrected chi connectivity index (χ3v) is 5.02. The molecule has 1 aliphatic carbocycles. The van der Waals surface area contributed by atoms with Gasteiger partial charge in [-0.2, -0.15) is 0 Å². The number of nitrogens with one attached hydrogen (secondary N) is 1. The first kappa shape index (κ1) is 16.5. The molecule has 0 heterocycles. The molecule has 3 nitrogen and oxygen atoms in total. The van der Waals surface area contributed by atoms with Crippen molar-refractivity contribution < 1.29 is 4.74 Å². The van der Waals surface area contributed by atoms with Gasteiger partial charge in [0.2, 0.25) is 0 Å². The SMILES string of the molecule is COC(C1CCCCC1)C(Cc1ccc(C)c(C)c1)NN. The van der Waals surface area contributed by atoms with Crippen LogP contribution in [0.5, 0.6) is 0 Å². The van der Waals surface area contributed by atoms with Gasteiger partial charge in [0, 0.05) is 7.11 Å². The van der Waals surface area contributed by atoms with Gasteiger partial charge in [-0.05, 0) is 55.7 Å². The van der Waals surface area contributed by atoms with E-state index in [-0.39, 0.29) is 12.1 Å². The molecule has 2 unspecified atom stereocenters. The number of rotatable bonds is 6. The lowest BCUT2D eigenvalue weighted by Gasteiger charge is -2.34. The van der Waals surface area contributed by atoms with Gasteiger partial charge in [-0.1, -0.05) is 37.5 Å². The summed E-state index contributed by atoms with van der Waals surface area (Å²) in [6.07, 6.45) is 7.68. The largest absolute Gasteiger partial charge is 0.379 e. The predicted molar refractivity (Wildman–Crippen MR) is 88.1 cm³/mol. The zero-order valence-electron chi connectivity index (χ0n) is 13.7. The van der Waals surface area contributed by atoms with Gasteiger partial charge < -0.3 is 4.74 Å². The van der Waals surface area contributed by atoms with Crippen LogP contribution in [0.3, 0.4) is 0 Å². The highest BCUT2D eigenvalue weighted by atomic mass is 16.5. The monoisotopic (exact) mass is 290 g/mol. The van der Waals surface area contributed by atoms with Gasteiger partial charge >= 0.3 is 0 Å². The molecule has 0 saturated heterocycles. The van der Waals surface area contributed by atoms with Crippen LogP contribution in [0.15, 0.2) is 18.2 Å². The summed E-state index contributed by atoms with van der Waals surface area (Å²) in [4.78, 5) is 0. The maximum atomic E-state index is 5.84. The fourth-order valence-corrected chi connectivity index (χ4v) is 3.60. The van der Waals surface area contributed by atoms with Crippen LogP contribution in [0, 0.1) is 19.8 Å². The molecule has 0 amide bonds. The highest BCUT2D eigenvalue weighted by Crippen LogP contribution is 2.30. The van der Waals surface area contributed by atoms with Crippen molar-refractivity contribution in [1.29, 1.82) is 0 Å². The van der Waals surface area contributed by atoms with E-state index in [0.717, 1.165) is 6.42 Å². The van der Waals surface area contributed by atoms with E-state index in [1.165, 1.54) is 48.8 Å². The van der Waals surface area contributed by atoms with Crippen LogP contribution in [0.1, 0.15) is 48.8 Å². The summed E-state index contributed by atoms with van der Waals surface area (Å²) in [7, 11) is 1.82. The minimum absolute atomic E-state index is 0.181. The van der Waals surface area contributed by atoms with Crippen LogP contribution in [-0.2, 0) is 11.2 Å². The summed E-state index contributed by atoms with van der Waals surface area (Å²) in [5.74, 6) is 6.48. The summed E-state index contributed by atoms with van der Waals surface area (Å²) in [6.45, 7) is 4.32. The second-order valence-corrected chi connectivity index (χ2v) is 6.49. The molecule has 0 spiro atoms. The number of aryl methyl sites for hydroxylation is 2. The summed E-state index contributed by atoms with van der Waals surface area (Å²) in [6, 6.07) is 6.86. The number of benzene rings is 1. The van der Waals surface area contributed by atoms with Crippen LogP contribution < -0.4 is 11.3 Å². The van der Waals surface area contributed by atoms with Crippen molar-refractivity contribution in [3.8, 4) is 0 Å². The summed E-state index contributed by atoms with van der Waals surface area (Å²) in [5, 5.41) is 0. The molecule has 0 bridgehead atoms.